The Morgan fingerprint density at radius 3 is 2.52 bits per heavy atom. The molecule has 7 nitrogen and oxygen atoms in total. The fourth-order valence-corrected chi connectivity index (χ4v) is 5.27. The third-order valence-electron chi connectivity index (χ3n) is 5.34. The monoisotopic (exact) mass is 434 g/mol. The van der Waals surface area contributed by atoms with Crippen LogP contribution in [0.25, 0.3) is 0 Å². The lowest BCUT2D eigenvalue weighted by atomic mass is 10.1. The molecule has 0 amide bonds. The van der Waals surface area contributed by atoms with E-state index < -0.39 is 16.6 Å². The maximum absolute atomic E-state index is 13.0. The lowest BCUT2D eigenvalue weighted by Crippen LogP contribution is -2.51. The van der Waals surface area contributed by atoms with E-state index >= 15 is 0 Å². The SMILES string of the molecule is CCN(C[C@H]1CN(S(=O)(=O)c2ccc(OC(F)F)cc2)CCO1)C1CCOCC1. The first-order valence-corrected chi connectivity index (χ1v) is 11.3. The number of ether oxygens (including phenoxy) is 3. The fourth-order valence-electron chi connectivity index (χ4n) is 3.81. The summed E-state index contributed by atoms with van der Waals surface area (Å²) in [6.07, 6.45) is 1.72. The molecule has 2 aliphatic rings. The molecule has 0 saturated carbocycles. The van der Waals surface area contributed by atoms with Crippen molar-refractivity contribution in [3.8, 4) is 5.75 Å². The van der Waals surface area contributed by atoms with Crippen molar-refractivity contribution < 1.29 is 31.4 Å². The van der Waals surface area contributed by atoms with Gasteiger partial charge in [-0.2, -0.15) is 13.1 Å². The zero-order valence-electron chi connectivity index (χ0n) is 16.5. The highest BCUT2D eigenvalue weighted by molar-refractivity contribution is 7.89. The number of morpholine rings is 1. The van der Waals surface area contributed by atoms with Gasteiger partial charge < -0.3 is 14.2 Å². The van der Waals surface area contributed by atoms with E-state index in [1.165, 1.54) is 28.6 Å². The quantitative estimate of drug-likeness (QED) is 0.625. The van der Waals surface area contributed by atoms with E-state index in [1.54, 1.807) is 0 Å². The maximum atomic E-state index is 13.0. The van der Waals surface area contributed by atoms with Crippen molar-refractivity contribution in [3.63, 3.8) is 0 Å². The van der Waals surface area contributed by atoms with Gasteiger partial charge in [-0.3, -0.25) is 4.90 Å². The van der Waals surface area contributed by atoms with Crippen LogP contribution in [0.4, 0.5) is 8.78 Å². The van der Waals surface area contributed by atoms with Gasteiger partial charge in [0.15, 0.2) is 0 Å². The molecule has 1 aromatic carbocycles. The highest BCUT2D eigenvalue weighted by atomic mass is 32.2. The predicted molar refractivity (Wildman–Crippen MR) is 103 cm³/mol. The Morgan fingerprint density at radius 2 is 1.90 bits per heavy atom. The lowest BCUT2D eigenvalue weighted by Gasteiger charge is -2.38. The molecule has 0 N–H and O–H groups in total. The standard InChI is InChI=1S/C19H28F2N2O5S/c1-2-22(15-7-10-26-11-8-15)13-17-14-23(9-12-27-17)29(24,25)18-5-3-16(4-6-18)28-19(20)21/h3-6,15,17,19H,2,7-14H2,1H3/t17-/m0/s1. The second-order valence-electron chi connectivity index (χ2n) is 7.14. The van der Waals surface area contributed by atoms with Crippen molar-refractivity contribution in [1.82, 2.24) is 9.21 Å². The number of rotatable bonds is 8. The first-order valence-electron chi connectivity index (χ1n) is 9.88. The minimum absolute atomic E-state index is 0.0524. The van der Waals surface area contributed by atoms with Crippen LogP contribution in [0.2, 0.25) is 0 Å². The van der Waals surface area contributed by atoms with Gasteiger partial charge in [0, 0.05) is 38.9 Å². The van der Waals surface area contributed by atoms with Gasteiger partial charge in [0.2, 0.25) is 10.0 Å². The second kappa shape index (κ2) is 10.1. The summed E-state index contributed by atoms with van der Waals surface area (Å²) < 4.78 is 67.5. The Balaban J connectivity index is 1.64. The number of benzene rings is 1. The van der Waals surface area contributed by atoms with Crippen LogP contribution in [0.15, 0.2) is 29.2 Å². The Kier molecular flexibility index (Phi) is 7.80. The van der Waals surface area contributed by atoms with Crippen LogP contribution in [0.1, 0.15) is 19.8 Å². The molecule has 0 spiro atoms. The van der Waals surface area contributed by atoms with Crippen LogP contribution in [0.5, 0.6) is 5.75 Å². The molecule has 2 fully saturated rings. The highest BCUT2D eigenvalue weighted by Gasteiger charge is 2.33. The third-order valence-corrected chi connectivity index (χ3v) is 7.22. The summed E-state index contributed by atoms with van der Waals surface area (Å²) in [7, 11) is -3.74. The van der Waals surface area contributed by atoms with Crippen LogP contribution in [-0.4, -0.2) is 82.4 Å². The molecule has 2 heterocycles. The molecule has 1 aromatic rings. The largest absolute Gasteiger partial charge is 0.435 e. The van der Waals surface area contributed by atoms with Crippen LogP contribution < -0.4 is 4.74 Å². The van der Waals surface area contributed by atoms with Crippen molar-refractivity contribution in [2.24, 2.45) is 0 Å². The predicted octanol–water partition coefficient (Wildman–Crippen LogP) is 2.18. The molecule has 0 unspecified atom stereocenters. The van der Waals surface area contributed by atoms with Crippen molar-refractivity contribution >= 4 is 10.0 Å². The number of halogens is 2. The van der Waals surface area contributed by atoms with E-state index in [0.29, 0.717) is 19.2 Å². The summed E-state index contributed by atoms with van der Waals surface area (Å²) in [5, 5.41) is 0. The molecule has 29 heavy (non-hydrogen) atoms. The maximum Gasteiger partial charge on any atom is 0.387 e. The summed E-state index contributed by atoms with van der Waals surface area (Å²) in [6, 6.07) is 5.48. The third kappa shape index (κ3) is 5.85. The van der Waals surface area contributed by atoms with Gasteiger partial charge in [0.05, 0.1) is 17.6 Å². The molecule has 2 saturated heterocycles. The van der Waals surface area contributed by atoms with Gasteiger partial charge in [-0.15, -0.1) is 0 Å². The Morgan fingerprint density at radius 1 is 1.21 bits per heavy atom. The van der Waals surface area contributed by atoms with Crippen molar-refractivity contribution in [2.45, 2.75) is 43.4 Å². The molecular formula is C19H28F2N2O5S. The van der Waals surface area contributed by atoms with Crippen molar-refractivity contribution in [3.05, 3.63) is 24.3 Å². The van der Waals surface area contributed by atoms with E-state index in [0.717, 1.165) is 32.6 Å². The summed E-state index contributed by atoms with van der Waals surface area (Å²) in [5.41, 5.74) is 0. The van der Waals surface area contributed by atoms with E-state index in [2.05, 4.69) is 16.6 Å². The molecule has 1 atom stereocenters. The summed E-state index contributed by atoms with van der Waals surface area (Å²) >= 11 is 0. The van der Waals surface area contributed by atoms with Gasteiger partial charge in [0.25, 0.3) is 0 Å². The normalized spacial score (nSPS) is 22.3. The molecule has 0 aliphatic carbocycles. The minimum Gasteiger partial charge on any atom is -0.435 e. The Bertz CT molecular complexity index is 741. The molecule has 0 radical (unpaired) electrons. The van der Waals surface area contributed by atoms with E-state index in [1.807, 2.05) is 0 Å². The van der Waals surface area contributed by atoms with Crippen LogP contribution in [-0.2, 0) is 19.5 Å². The first-order chi connectivity index (χ1) is 13.9. The smallest absolute Gasteiger partial charge is 0.387 e. The molecular weight excluding hydrogens is 406 g/mol. The van der Waals surface area contributed by atoms with Gasteiger partial charge in [-0.1, -0.05) is 6.92 Å². The topological polar surface area (TPSA) is 68.3 Å². The minimum atomic E-state index is -3.74. The Labute approximate surface area is 170 Å². The van der Waals surface area contributed by atoms with Gasteiger partial charge in [-0.25, -0.2) is 8.42 Å². The average Bonchev–Trinajstić information content (AvgIpc) is 2.73. The second-order valence-corrected chi connectivity index (χ2v) is 9.07. The molecule has 0 aromatic heterocycles. The van der Waals surface area contributed by atoms with Crippen LogP contribution in [0.3, 0.4) is 0 Å². The molecule has 3 rings (SSSR count). The summed E-state index contributed by atoms with van der Waals surface area (Å²) in [6.45, 7) is 3.01. The number of nitrogens with zero attached hydrogens (tertiary/aromatic N) is 2. The van der Waals surface area contributed by atoms with Crippen LogP contribution >= 0.6 is 0 Å². The fraction of sp³-hybridized carbons (Fsp3) is 0.684. The highest BCUT2D eigenvalue weighted by Crippen LogP contribution is 2.23. The number of sulfonamides is 1. The van der Waals surface area contributed by atoms with Gasteiger partial charge in [0.1, 0.15) is 5.75 Å². The van der Waals surface area contributed by atoms with E-state index in [-0.39, 0.29) is 29.8 Å². The zero-order valence-corrected chi connectivity index (χ0v) is 17.3. The number of hydrogen-bond acceptors (Lipinski definition) is 6. The number of likely N-dealkylation sites (N-methyl/N-ethyl adjacent to an activating group) is 1. The molecule has 0 bridgehead atoms. The average molecular weight is 435 g/mol. The van der Waals surface area contributed by atoms with Crippen LogP contribution in [0, 0.1) is 0 Å². The number of alkyl halides is 2. The molecule has 2 aliphatic heterocycles. The van der Waals surface area contributed by atoms with E-state index in [9.17, 15) is 17.2 Å². The van der Waals surface area contributed by atoms with Gasteiger partial charge >= 0.3 is 6.61 Å². The van der Waals surface area contributed by atoms with Crippen molar-refractivity contribution in [1.29, 1.82) is 0 Å². The van der Waals surface area contributed by atoms with Crippen molar-refractivity contribution in [2.75, 3.05) is 46.0 Å². The lowest BCUT2D eigenvalue weighted by molar-refractivity contribution is -0.0498. The summed E-state index contributed by atoms with van der Waals surface area (Å²) in [4.78, 5) is 2.39. The zero-order chi connectivity index (χ0) is 20.9. The summed E-state index contributed by atoms with van der Waals surface area (Å²) in [5.74, 6) is -0.0751. The molecule has 164 valence electrons. The first kappa shape index (κ1) is 22.4. The molecule has 10 heteroatoms. The van der Waals surface area contributed by atoms with Gasteiger partial charge in [-0.05, 0) is 43.7 Å². The Hall–Kier alpha value is -1.33. The van der Waals surface area contributed by atoms with E-state index in [4.69, 9.17) is 9.47 Å². The number of hydrogen-bond donors (Lipinski definition) is 0.